The van der Waals surface area contributed by atoms with Crippen molar-refractivity contribution in [1.82, 2.24) is 9.97 Å². The first kappa shape index (κ1) is 11.8. The third-order valence-corrected chi connectivity index (χ3v) is 3.17. The Morgan fingerprint density at radius 2 is 1.79 bits per heavy atom. The van der Waals surface area contributed by atoms with Gasteiger partial charge in [0.05, 0.1) is 11.6 Å². The molecule has 3 aromatic rings. The molecule has 0 aliphatic carbocycles. The highest BCUT2D eigenvalue weighted by atomic mass is 16.3. The van der Waals surface area contributed by atoms with E-state index in [9.17, 15) is 5.11 Å². The van der Waals surface area contributed by atoms with Gasteiger partial charge >= 0.3 is 0 Å². The average molecular weight is 250 g/mol. The van der Waals surface area contributed by atoms with E-state index in [-0.39, 0.29) is 0 Å². The summed E-state index contributed by atoms with van der Waals surface area (Å²) in [4.78, 5) is 8.55. The Bertz CT molecular complexity index is 677. The standard InChI is InChI=1S/C16H14N2O/c19-16(11-12-5-1-2-9-17-12)14-6-3-8-15-13(14)7-4-10-18-15/h1-10,16,19H,11H2. The molecule has 0 spiro atoms. The van der Waals surface area contributed by atoms with Crippen molar-refractivity contribution in [3.8, 4) is 0 Å². The zero-order chi connectivity index (χ0) is 13.1. The number of pyridine rings is 2. The summed E-state index contributed by atoms with van der Waals surface area (Å²) in [6.45, 7) is 0. The molecule has 1 aromatic carbocycles. The molecule has 0 radical (unpaired) electrons. The molecule has 0 saturated heterocycles. The number of aliphatic hydroxyl groups is 1. The number of benzene rings is 1. The minimum atomic E-state index is -0.567. The highest BCUT2D eigenvalue weighted by Crippen LogP contribution is 2.24. The summed E-state index contributed by atoms with van der Waals surface area (Å²) in [6, 6.07) is 15.4. The van der Waals surface area contributed by atoms with E-state index in [4.69, 9.17) is 0 Å². The fourth-order valence-electron chi connectivity index (χ4n) is 2.24. The molecule has 0 aliphatic rings. The van der Waals surface area contributed by atoms with Gasteiger partial charge in [0.15, 0.2) is 0 Å². The number of rotatable bonds is 3. The molecule has 3 rings (SSSR count). The van der Waals surface area contributed by atoms with Crippen LogP contribution in [0.4, 0.5) is 0 Å². The van der Waals surface area contributed by atoms with Gasteiger partial charge in [-0.15, -0.1) is 0 Å². The van der Waals surface area contributed by atoms with Crippen LogP contribution in [0.5, 0.6) is 0 Å². The monoisotopic (exact) mass is 250 g/mol. The van der Waals surface area contributed by atoms with Crippen molar-refractivity contribution in [2.24, 2.45) is 0 Å². The predicted octanol–water partition coefficient (Wildman–Crippen LogP) is 2.91. The van der Waals surface area contributed by atoms with Crippen LogP contribution in [0.25, 0.3) is 10.9 Å². The lowest BCUT2D eigenvalue weighted by molar-refractivity contribution is 0.179. The maximum Gasteiger partial charge on any atom is 0.0852 e. The Hall–Kier alpha value is -2.26. The van der Waals surface area contributed by atoms with Crippen molar-refractivity contribution in [2.45, 2.75) is 12.5 Å². The summed E-state index contributed by atoms with van der Waals surface area (Å²) >= 11 is 0. The van der Waals surface area contributed by atoms with Crippen molar-refractivity contribution in [2.75, 3.05) is 0 Å². The van der Waals surface area contributed by atoms with Crippen molar-refractivity contribution < 1.29 is 5.11 Å². The lowest BCUT2D eigenvalue weighted by Gasteiger charge is -2.13. The molecule has 1 unspecified atom stereocenters. The second kappa shape index (κ2) is 5.16. The number of aromatic nitrogens is 2. The molecular weight excluding hydrogens is 236 g/mol. The highest BCUT2D eigenvalue weighted by molar-refractivity contribution is 5.82. The molecule has 2 aromatic heterocycles. The zero-order valence-corrected chi connectivity index (χ0v) is 10.4. The Balaban J connectivity index is 1.96. The number of fused-ring (bicyclic) bond motifs is 1. The summed E-state index contributed by atoms with van der Waals surface area (Å²) in [5, 5.41) is 11.4. The second-order valence-corrected chi connectivity index (χ2v) is 4.46. The van der Waals surface area contributed by atoms with E-state index in [1.54, 1.807) is 12.4 Å². The molecule has 94 valence electrons. The van der Waals surface area contributed by atoms with E-state index >= 15 is 0 Å². The summed E-state index contributed by atoms with van der Waals surface area (Å²) in [5.41, 5.74) is 2.69. The number of aliphatic hydroxyl groups excluding tert-OH is 1. The van der Waals surface area contributed by atoms with Gasteiger partial charge in [0, 0.05) is 29.9 Å². The third kappa shape index (κ3) is 2.46. The molecule has 0 aliphatic heterocycles. The first-order valence-corrected chi connectivity index (χ1v) is 6.26. The minimum absolute atomic E-state index is 0.509. The van der Waals surface area contributed by atoms with Crippen LogP contribution in [-0.4, -0.2) is 15.1 Å². The second-order valence-electron chi connectivity index (χ2n) is 4.46. The van der Waals surface area contributed by atoms with Crippen LogP contribution in [0.15, 0.2) is 60.9 Å². The van der Waals surface area contributed by atoms with Gasteiger partial charge in [-0.25, -0.2) is 0 Å². The molecule has 0 bridgehead atoms. The Morgan fingerprint density at radius 1 is 0.895 bits per heavy atom. The normalized spacial score (nSPS) is 12.5. The molecular formula is C16H14N2O. The molecule has 19 heavy (non-hydrogen) atoms. The minimum Gasteiger partial charge on any atom is -0.388 e. The fourth-order valence-corrected chi connectivity index (χ4v) is 2.24. The van der Waals surface area contributed by atoms with Crippen LogP contribution in [0.3, 0.4) is 0 Å². The molecule has 3 nitrogen and oxygen atoms in total. The Kier molecular flexibility index (Phi) is 3.21. The van der Waals surface area contributed by atoms with Crippen LogP contribution in [0.2, 0.25) is 0 Å². The van der Waals surface area contributed by atoms with Gasteiger partial charge in [0.1, 0.15) is 0 Å². The van der Waals surface area contributed by atoms with Crippen LogP contribution in [-0.2, 0) is 6.42 Å². The SMILES string of the molecule is OC(Cc1ccccn1)c1cccc2ncccc12. The van der Waals surface area contributed by atoms with Crippen molar-refractivity contribution in [3.63, 3.8) is 0 Å². The lowest BCUT2D eigenvalue weighted by Crippen LogP contribution is -2.04. The Labute approximate surface area is 111 Å². The predicted molar refractivity (Wildman–Crippen MR) is 74.6 cm³/mol. The number of nitrogens with zero attached hydrogens (tertiary/aromatic N) is 2. The van der Waals surface area contributed by atoms with E-state index in [2.05, 4.69) is 9.97 Å². The maximum atomic E-state index is 10.4. The Morgan fingerprint density at radius 3 is 2.63 bits per heavy atom. The molecule has 3 heteroatoms. The summed E-state index contributed by atoms with van der Waals surface area (Å²) in [7, 11) is 0. The quantitative estimate of drug-likeness (QED) is 0.777. The molecule has 1 N–H and O–H groups in total. The topological polar surface area (TPSA) is 46.0 Å². The molecule has 0 saturated carbocycles. The van der Waals surface area contributed by atoms with Gasteiger partial charge in [0.2, 0.25) is 0 Å². The van der Waals surface area contributed by atoms with Gasteiger partial charge < -0.3 is 5.11 Å². The highest BCUT2D eigenvalue weighted by Gasteiger charge is 2.12. The fraction of sp³-hybridized carbons (Fsp3) is 0.125. The van der Waals surface area contributed by atoms with E-state index in [1.807, 2.05) is 48.5 Å². The maximum absolute atomic E-state index is 10.4. The van der Waals surface area contributed by atoms with E-state index < -0.39 is 6.10 Å². The zero-order valence-electron chi connectivity index (χ0n) is 10.4. The number of hydrogen-bond acceptors (Lipinski definition) is 3. The van der Waals surface area contributed by atoms with E-state index in [0.29, 0.717) is 6.42 Å². The first-order valence-electron chi connectivity index (χ1n) is 6.26. The van der Waals surface area contributed by atoms with E-state index in [1.165, 1.54) is 0 Å². The molecule has 2 heterocycles. The van der Waals surface area contributed by atoms with Crippen molar-refractivity contribution in [3.05, 3.63) is 72.2 Å². The van der Waals surface area contributed by atoms with E-state index in [0.717, 1.165) is 22.2 Å². The van der Waals surface area contributed by atoms with Gasteiger partial charge in [-0.05, 0) is 29.8 Å². The van der Waals surface area contributed by atoms with Gasteiger partial charge in [-0.1, -0.05) is 24.3 Å². The van der Waals surface area contributed by atoms with Crippen LogP contribution < -0.4 is 0 Å². The van der Waals surface area contributed by atoms with Crippen LogP contribution >= 0.6 is 0 Å². The smallest absolute Gasteiger partial charge is 0.0852 e. The van der Waals surface area contributed by atoms with Crippen LogP contribution in [0, 0.1) is 0 Å². The molecule has 1 atom stereocenters. The summed E-state index contributed by atoms with van der Waals surface area (Å²) in [5.74, 6) is 0. The van der Waals surface area contributed by atoms with Gasteiger partial charge in [-0.3, -0.25) is 9.97 Å². The van der Waals surface area contributed by atoms with Crippen molar-refractivity contribution in [1.29, 1.82) is 0 Å². The molecule has 0 fully saturated rings. The van der Waals surface area contributed by atoms with Crippen molar-refractivity contribution >= 4 is 10.9 Å². The van der Waals surface area contributed by atoms with Gasteiger partial charge in [-0.2, -0.15) is 0 Å². The summed E-state index contributed by atoms with van der Waals surface area (Å²) in [6.07, 6.45) is 3.45. The van der Waals surface area contributed by atoms with Gasteiger partial charge in [0.25, 0.3) is 0 Å². The first-order chi connectivity index (χ1) is 9.34. The largest absolute Gasteiger partial charge is 0.388 e. The molecule has 0 amide bonds. The average Bonchev–Trinajstić information content (AvgIpc) is 2.47. The summed E-state index contributed by atoms with van der Waals surface area (Å²) < 4.78 is 0. The van der Waals surface area contributed by atoms with Crippen LogP contribution in [0.1, 0.15) is 17.4 Å². The number of hydrogen-bond donors (Lipinski definition) is 1. The lowest BCUT2D eigenvalue weighted by atomic mass is 10.00. The third-order valence-electron chi connectivity index (χ3n) is 3.17.